The molecule has 0 saturated carbocycles. The molecule has 3 nitrogen and oxygen atoms in total. The van der Waals surface area contributed by atoms with Crippen molar-refractivity contribution in [1.82, 2.24) is 4.90 Å². The van der Waals surface area contributed by atoms with E-state index >= 15 is 0 Å². The number of benzene rings is 1. The Bertz CT molecular complexity index is 491. The molecule has 0 aromatic heterocycles. The zero-order chi connectivity index (χ0) is 13.3. The molecule has 1 aromatic carbocycles. The van der Waals surface area contributed by atoms with E-state index < -0.39 is 0 Å². The molecular formula is C13H13Cl2NO2. The van der Waals surface area contributed by atoms with Gasteiger partial charge in [-0.15, -0.1) is 0 Å². The van der Waals surface area contributed by atoms with Crippen LogP contribution in [0.15, 0.2) is 24.3 Å². The van der Waals surface area contributed by atoms with Gasteiger partial charge in [0.1, 0.15) is 0 Å². The van der Waals surface area contributed by atoms with Crippen LogP contribution in [0.5, 0.6) is 0 Å². The third-order valence-electron chi connectivity index (χ3n) is 3.04. The summed E-state index contributed by atoms with van der Waals surface area (Å²) in [6, 6.07) is 2.95. The molecule has 0 spiro atoms. The summed E-state index contributed by atoms with van der Waals surface area (Å²) in [5.74, 6) is -0.178. The van der Waals surface area contributed by atoms with Crippen molar-refractivity contribution in [2.45, 2.75) is 13.0 Å². The third-order valence-corrected chi connectivity index (χ3v) is 3.82. The molecule has 96 valence electrons. The van der Waals surface area contributed by atoms with Crippen LogP contribution in [0, 0.1) is 6.92 Å². The number of amides is 1. The summed E-state index contributed by atoms with van der Waals surface area (Å²) in [4.78, 5) is 13.9. The van der Waals surface area contributed by atoms with Gasteiger partial charge >= 0.3 is 0 Å². The van der Waals surface area contributed by atoms with Crippen molar-refractivity contribution >= 4 is 29.1 Å². The molecule has 5 heteroatoms. The molecule has 18 heavy (non-hydrogen) atoms. The molecule has 0 radical (unpaired) electrons. The summed E-state index contributed by atoms with van der Waals surface area (Å²) in [5, 5.41) is 10.1. The van der Waals surface area contributed by atoms with Gasteiger partial charge in [0.25, 0.3) is 5.91 Å². The SMILES string of the molecule is Cc1c(Cl)cc(C(=O)N2CC=C[C@@H]2CO)cc1Cl. The highest BCUT2D eigenvalue weighted by Crippen LogP contribution is 2.27. The lowest BCUT2D eigenvalue weighted by Gasteiger charge is -2.23. The van der Waals surface area contributed by atoms with Gasteiger partial charge in [0, 0.05) is 22.2 Å². The summed E-state index contributed by atoms with van der Waals surface area (Å²) in [6.07, 6.45) is 3.67. The van der Waals surface area contributed by atoms with E-state index in [-0.39, 0.29) is 18.6 Å². The average molecular weight is 286 g/mol. The van der Waals surface area contributed by atoms with Crippen LogP contribution in [0.1, 0.15) is 15.9 Å². The molecule has 1 amide bonds. The van der Waals surface area contributed by atoms with Crippen LogP contribution >= 0.6 is 23.2 Å². The number of aliphatic hydroxyl groups excluding tert-OH is 1. The molecule has 0 unspecified atom stereocenters. The third kappa shape index (κ3) is 2.39. The summed E-state index contributed by atoms with van der Waals surface area (Å²) >= 11 is 12.0. The molecule has 0 aliphatic carbocycles. The van der Waals surface area contributed by atoms with E-state index in [4.69, 9.17) is 23.2 Å². The Morgan fingerprint density at radius 2 is 2.06 bits per heavy atom. The first-order chi connectivity index (χ1) is 8.54. The molecule has 0 saturated heterocycles. The molecular weight excluding hydrogens is 273 g/mol. The Labute approximate surface area is 116 Å². The monoisotopic (exact) mass is 285 g/mol. The molecule has 1 heterocycles. The van der Waals surface area contributed by atoms with Crippen LogP contribution in [-0.4, -0.2) is 35.1 Å². The topological polar surface area (TPSA) is 40.5 Å². The normalized spacial score (nSPS) is 18.4. The first-order valence-electron chi connectivity index (χ1n) is 5.58. The summed E-state index contributed by atoms with van der Waals surface area (Å²) in [5.41, 5.74) is 1.20. The quantitative estimate of drug-likeness (QED) is 0.849. The number of halogens is 2. The van der Waals surface area contributed by atoms with Crippen molar-refractivity contribution in [3.05, 3.63) is 45.5 Å². The highest BCUT2D eigenvalue weighted by molar-refractivity contribution is 6.36. The van der Waals surface area contributed by atoms with E-state index in [1.807, 2.05) is 12.2 Å². The van der Waals surface area contributed by atoms with E-state index in [1.165, 1.54) is 0 Å². The van der Waals surface area contributed by atoms with Gasteiger partial charge < -0.3 is 10.0 Å². The number of carbonyl (C=O) groups excluding carboxylic acids is 1. The minimum absolute atomic E-state index is 0.0877. The summed E-state index contributed by atoms with van der Waals surface area (Å²) < 4.78 is 0. The molecule has 2 rings (SSSR count). The smallest absolute Gasteiger partial charge is 0.254 e. The lowest BCUT2D eigenvalue weighted by atomic mass is 10.1. The van der Waals surface area contributed by atoms with Crippen LogP contribution < -0.4 is 0 Å². The molecule has 1 N–H and O–H groups in total. The van der Waals surface area contributed by atoms with E-state index in [9.17, 15) is 9.90 Å². The number of hydrogen-bond donors (Lipinski definition) is 1. The minimum atomic E-state index is -0.267. The minimum Gasteiger partial charge on any atom is -0.394 e. The van der Waals surface area contributed by atoms with Gasteiger partial charge in [0.2, 0.25) is 0 Å². The Balaban J connectivity index is 2.29. The molecule has 1 aliphatic rings. The molecule has 1 aromatic rings. The molecule has 0 bridgehead atoms. The van der Waals surface area contributed by atoms with Gasteiger partial charge in [-0.2, -0.15) is 0 Å². The van der Waals surface area contributed by atoms with Gasteiger partial charge in [-0.3, -0.25) is 4.79 Å². The standard InChI is InChI=1S/C13H13Cl2NO2/c1-8-11(14)5-9(6-12(8)15)13(18)16-4-2-3-10(16)7-17/h2-3,5-6,10,17H,4,7H2,1H3/t10-/m1/s1. The maximum absolute atomic E-state index is 12.3. The van der Waals surface area contributed by atoms with Crippen LogP contribution in [0.25, 0.3) is 0 Å². The van der Waals surface area contributed by atoms with Gasteiger partial charge in [-0.1, -0.05) is 35.4 Å². The second-order valence-electron chi connectivity index (χ2n) is 4.20. The van der Waals surface area contributed by atoms with Crippen molar-refractivity contribution in [1.29, 1.82) is 0 Å². The fourth-order valence-electron chi connectivity index (χ4n) is 1.90. The van der Waals surface area contributed by atoms with E-state index in [2.05, 4.69) is 0 Å². The lowest BCUT2D eigenvalue weighted by molar-refractivity contribution is 0.0700. The van der Waals surface area contributed by atoms with Crippen LogP contribution in [0.4, 0.5) is 0 Å². The van der Waals surface area contributed by atoms with Crippen molar-refractivity contribution < 1.29 is 9.90 Å². The molecule has 0 fully saturated rings. The molecule has 1 aliphatic heterocycles. The second kappa shape index (κ2) is 5.31. The largest absolute Gasteiger partial charge is 0.394 e. The maximum atomic E-state index is 12.3. The zero-order valence-corrected chi connectivity index (χ0v) is 11.4. The van der Waals surface area contributed by atoms with Crippen molar-refractivity contribution in [3.8, 4) is 0 Å². The lowest BCUT2D eigenvalue weighted by Crippen LogP contribution is -2.38. The Morgan fingerprint density at radius 3 is 2.61 bits per heavy atom. The summed E-state index contributed by atoms with van der Waals surface area (Å²) in [6.45, 7) is 2.20. The van der Waals surface area contributed by atoms with Gasteiger partial charge in [0.15, 0.2) is 0 Å². The number of carbonyl (C=O) groups is 1. The zero-order valence-electron chi connectivity index (χ0n) is 9.86. The van der Waals surface area contributed by atoms with Crippen LogP contribution in [0.3, 0.4) is 0 Å². The van der Waals surface area contributed by atoms with Gasteiger partial charge in [0.05, 0.1) is 12.6 Å². The molecule has 1 atom stereocenters. The van der Waals surface area contributed by atoms with Crippen molar-refractivity contribution in [2.75, 3.05) is 13.2 Å². The van der Waals surface area contributed by atoms with E-state index in [0.717, 1.165) is 5.56 Å². The first-order valence-corrected chi connectivity index (χ1v) is 6.34. The predicted octanol–water partition coefficient (Wildman–Crippen LogP) is 2.67. The van der Waals surface area contributed by atoms with Gasteiger partial charge in [-0.05, 0) is 24.6 Å². The number of hydrogen-bond acceptors (Lipinski definition) is 2. The van der Waals surface area contributed by atoms with E-state index in [0.29, 0.717) is 22.2 Å². The fraction of sp³-hybridized carbons (Fsp3) is 0.308. The number of nitrogens with zero attached hydrogens (tertiary/aromatic N) is 1. The Morgan fingerprint density at radius 1 is 1.44 bits per heavy atom. The van der Waals surface area contributed by atoms with E-state index in [1.54, 1.807) is 24.0 Å². The van der Waals surface area contributed by atoms with Gasteiger partial charge in [-0.25, -0.2) is 0 Å². The summed E-state index contributed by atoms with van der Waals surface area (Å²) in [7, 11) is 0. The second-order valence-corrected chi connectivity index (χ2v) is 5.01. The predicted molar refractivity (Wildman–Crippen MR) is 72.2 cm³/mol. The van der Waals surface area contributed by atoms with Crippen molar-refractivity contribution in [2.24, 2.45) is 0 Å². The van der Waals surface area contributed by atoms with Crippen LogP contribution in [0.2, 0.25) is 10.0 Å². The highest BCUT2D eigenvalue weighted by atomic mass is 35.5. The first kappa shape index (κ1) is 13.4. The Kier molecular flexibility index (Phi) is 3.95. The number of aliphatic hydroxyl groups is 1. The maximum Gasteiger partial charge on any atom is 0.254 e. The number of rotatable bonds is 2. The van der Waals surface area contributed by atoms with Crippen LogP contribution in [-0.2, 0) is 0 Å². The Hall–Kier alpha value is -1.03. The highest BCUT2D eigenvalue weighted by Gasteiger charge is 2.25. The fourth-order valence-corrected chi connectivity index (χ4v) is 2.39. The average Bonchev–Trinajstić information content (AvgIpc) is 2.82. The van der Waals surface area contributed by atoms with Crippen molar-refractivity contribution in [3.63, 3.8) is 0 Å².